The lowest BCUT2D eigenvalue weighted by Gasteiger charge is -2.10. The minimum Gasteiger partial charge on any atom is -0.352 e. The van der Waals surface area contributed by atoms with Gasteiger partial charge in [0.15, 0.2) is 15.0 Å². The average molecular weight is 431 g/mol. The number of rotatable bonds is 5. The number of aryl methyl sites for hydroxylation is 2. The Kier molecular flexibility index (Phi) is 5.35. The molecular formula is C20H22N4O3S2. The summed E-state index contributed by atoms with van der Waals surface area (Å²) >= 11 is 1.30. The Morgan fingerprint density at radius 2 is 2.03 bits per heavy atom. The smallest absolute Gasteiger partial charge is 0.230 e. The van der Waals surface area contributed by atoms with Gasteiger partial charge in [-0.15, -0.1) is 0 Å². The first-order valence-electron chi connectivity index (χ1n) is 9.37. The van der Waals surface area contributed by atoms with Crippen LogP contribution in [0, 0.1) is 13.8 Å². The van der Waals surface area contributed by atoms with Crippen LogP contribution in [0.5, 0.6) is 0 Å². The molecule has 0 aliphatic carbocycles. The van der Waals surface area contributed by atoms with Crippen LogP contribution in [0.15, 0.2) is 41.6 Å². The molecule has 1 aromatic carbocycles. The van der Waals surface area contributed by atoms with E-state index in [2.05, 4.69) is 10.4 Å². The zero-order chi connectivity index (χ0) is 20.6. The van der Waals surface area contributed by atoms with Crippen molar-refractivity contribution in [2.75, 3.05) is 17.3 Å². The van der Waals surface area contributed by atoms with Gasteiger partial charge < -0.3 is 5.32 Å². The molecule has 1 fully saturated rings. The Hall–Kier alpha value is -2.39. The van der Waals surface area contributed by atoms with Crippen molar-refractivity contribution < 1.29 is 13.2 Å². The first-order chi connectivity index (χ1) is 13.8. The lowest BCUT2D eigenvalue weighted by atomic mass is 10.1. The third-order valence-corrected chi connectivity index (χ3v) is 7.56. The molecule has 0 spiro atoms. The van der Waals surface area contributed by atoms with Gasteiger partial charge >= 0.3 is 0 Å². The van der Waals surface area contributed by atoms with Crippen molar-refractivity contribution in [2.45, 2.75) is 31.5 Å². The largest absolute Gasteiger partial charge is 0.352 e. The van der Waals surface area contributed by atoms with Crippen LogP contribution in [0.1, 0.15) is 17.7 Å². The fourth-order valence-corrected chi connectivity index (χ4v) is 6.03. The number of fused-ring (bicyclic) bond motifs is 1. The summed E-state index contributed by atoms with van der Waals surface area (Å²) in [6.45, 7) is 3.95. The highest BCUT2D eigenvalue weighted by Gasteiger charge is 2.29. The number of imidazole rings is 1. The number of hydrogen-bond donors (Lipinski definition) is 1. The number of hydrogen-bond acceptors (Lipinski definition) is 6. The SMILES string of the molecule is Cc1cc(C)c2c(-c3ccccc3)nc(SCC(=O)NC3CCS(=O)(=O)C3)n2n1. The molecule has 1 atom stereocenters. The van der Waals surface area contributed by atoms with Crippen molar-refractivity contribution in [3.05, 3.63) is 47.7 Å². The predicted molar refractivity (Wildman–Crippen MR) is 114 cm³/mol. The van der Waals surface area contributed by atoms with E-state index in [-0.39, 0.29) is 29.2 Å². The second-order valence-corrected chi connectivity index (χ2v) is 10.5. The Balaban J connectivity index is 1.58. The van der Waals surface area contributed by atoms with E-state index in [1.165, 1.54) is 11.8 Å². The molecule has 1 aliphatic heterocycles. The van der Waals surface area contributed by atoms with Gasteiger partial charge in [-0.25, -0.2) is 17.9 Å². The molecule has 29 heavy (non-hydrogen) atoms. The Labute approximate surface area is 173 Å². The first-order valence-corrected chi connectivity index (χ1v) is 12.2. The molecule has 1 amide bonds. The summed E-state index contributed by atoms with van der Waals surface area (Å²) in [6.07, 6.45) is 0.475. The molecule has 1 aliphatic rings. The van der Waals surface area contributed by atoms with E-state index in [4.69, 9.17) is 4.98 Å². The Morgan fingerprint density at radius 1 is 1.28 bits per heavy atom. The minimum atomic E-state index is -3.02. The number of thioether (sulfide) groups is 1. The summed E-state index contributed by atoms with van der Waals surface area (Å²) in [5.41, 5.74) is 4.68. The van der Waals surface area contributed by atoms with Gasteiger partial charge in [-0.05, 0) is 31.9 Å². The van der Waals surface area contributed by atoms with E-state index >= 15 is 0 Å². The fourth-order valence-electron chi connectivity index (χ4n) is 3.61. The molecule has 2 aromatic heterocycles. The summed E-state index contributed by atoms with van der Waals surface area (Å²) in [5.74, 6) is 0.116. The summed E-state index contributed by atoms with van der Waals surface area (Å²) in [4.78, 5) is 17.1. The number of carbonyl (C=O) groups excluding carboxylic acids is 1. The first kappa shape index (κ1) is 19.9. The van der Waals surface area contributed by atoms with Crippen molar-refractivity contribution in [1.82, 2.24) is 19.9 Å². The van der Waals surface area contributed by atoms with Crippen molar-refractivity contribution in [3.8, 4) is 11.3 Å². The van der Waals surface area contributed by atoms with Crippen LogP contribution in [0.25, 0.3) is 16.8 Å². The quantitative estimate of drug-likeness (QED) is 0.625. The lowest BCUT2D eigenvalue weighted by molar-refractivity contribution is -0.119. The summed E-state index contributed by atoms with van der Waals surface area (Å²) in [6, 6.07) is 11.6. The summed E-state index contributed by atoms with van der Waals surface area (Å²) < 4.78 is 24.9. The number of sulfone groups is 1. The van der Waals surface area contributed by atoms with Crippen LogP contribution in [0.3, 0.4) is 0 Å². The zero-order valence-corrected chi connectivity index (χ0v) is 17.9. The third kappa shape index (κ3) is 4.30. The highest BCUT2D eigenvalue weighted by atomic mass is 32.2. The van der Waals surface area contributed by atoms with Crippen molar-refractivity contribution >= 4 is 33.0 Å². The van der Waals surface area contributed by atoms with Gasteiger partial charge in [0.2, 0.25) is 5.91 Å². The molecule has 1 unspecified atom stereocenters. The molecule has 1 saturated heterocycles. The maximum Gasteiger partial charge on any atom is 0.230 e. The van der Waals surface area contributed by atoms with E-state index in [1.54, 1.807) is 4.52 Å². The maximum atomic E-state index is 12.3. The molecule has 152 valence electrons. The molecule has 0 saturated carbocycles. The van der Waals surface area contributed by atoms with Gasteiger partial charge in [0.05, 0.1) is 34.2 Å². The molecule has 0 radical (unpaired) electrons. The molecule has 4 rings (SSSR count). The Bertz CT molecular complexity index is 1170. The number of benzene rings is 1. The number of aromatic nitrogens is 3. The van der Waals surface area contributed by atoms with E-state index in [1.807, 2.05) is 50.2 Å². The fraction of sp³-hybridized carbons (Fsp3) is 0.350. The van der Waals surface area contributed by atoms with Crippen molar-refractivity contribution in [1.29, 1.82) is 0 Å². The van der Waals surface area contributed by atoms with Crippen LogP contribution in [0.4, 0.5) is 0 Å². The number of nitrogens with one attached hydrogen (secondary N) is 1. The third-order valence-electron chi connectivity index (χ3n) is 4.86. The lowest BCUT2D eigenvalue weighted by Crippen LogP contribution is -2.36. The van der Waals surface area contributed by atoms with Crippen molar-refractivity contribution in [3.63, 3.8) is 0 Å². The summed E-state index contributed by atoms with van der Waals surface area (Å²) in [7, 11) is -3.02. The highest BCUT2D eigenvalue weighted by molar-refractivity contribution is 7.99. The van der Waals surface area contributed by atoms with E-state index in [9.17, 15) is 13.2 Å². The average Bonchev–Trinajstić information content (AvgIpc) is 3.20. The maximum absolute atomic E-state index is 12.3. The Morgan fingerprint density at radius 3 is 2.72 bits per heavy atom. The zero-order valence-electron chi connectivity index (χ0n) is 16.3. The van der Waals surface area contributed by atoms with Gasteiger partial charge in [-0.2, -0.15) is 5.10 Å². The van der Waals surface area contributed by atoms with E-state index in [0.29, 0.717) is 11.6 Å². The topological polar surface area (TPSA) is 93.4 Å². The molecule has 3 aromatic rings. The molecule has 1 N–H and O–H groups in total. The van der Waals surface area contributed by atoms with Gasteiger partial charge in [0, 0.05) is 11.6 Å². The second kappa shape index (κ2) is 7.79. The van der Waals surface area contributed by atoms with Crippen molar-refractivity contribution in [2.24, 2.45) is 0 Å². The van der Waals surface area contributed by atoms with Crippen LogP contribution in [0.2, 0.25) is 0 Å². The molecule has 9 heteroatoms. The van der Waals surface area contributed by atoms with Crippen LogP contribution >= 0.6 is 11.8 Å². The van der Waals surface area contributed by atoms with Gasteiger partial charge in [0.1, 0.15) is 0 Å². The van der Waals surface area contributed by atoms with Crippen LogP contribution in [-0.2, 0) is 14.6 Å². The molecule has 7 nitrogen and oxygen atoms in total. The molecular weight excluding hydrogens is 408 g/mol. The second-order valence-electron chi connectivity index (χ2n) is 7.29. The number of amides is 1. The minimum absolute atomic E-state index is 0.0216. The molecule has 3 heterocycles. The van der Waals surface area contributed by atoms with Crippen LogP contribution < -0.4 is 5.32 Å². The summed E-state index contributed by atoms with van der Waals surface area (Å²) in [5, 5.41) is 8.06. The standard InChI is InChI=1S/C20H22N4O3S2/c1-13-10-14(2)23-24-19(13)18(15-6-4-3-5-7-15)22-20(24)28-11-17(25)21-16-8-9-29(26,27)12-16/h3-7,10,16H,8-9,11-12H2,1-2H3,(H,21,25). The van der Waals surface area contributed by atoms with E-state index in [0.717, 1.165) is 28.0 Å². The van der Waals surface area contributed by atoms with Gasteiger partial charge in [0.25, 0.3) is 0 Å². The monoisotopic (exact) mass is 430 g/mol. The normalized spacial score (nSPS) is 18.2. The number of nitrogens with zero attached hydrogens (tertiary/aromatic N) is 3. The molecule has 0 bridgehead atoms. The van der Waals surface area contributed by atoms with Gasteiger partial charge in [-0.1, -0.05) is 42.1 Å². The highest BCUT2D eigenvalue weighted by Crippen LogP contribution is 2.30. The van der Waals surface area contributed by atoms with Crippen LogP contribution in [-0.4, -0.2) is 52.2 Å². The predicted octanol–water partition coefficient (Wildman–Crippen LogP) is 2.41. The number of carbonyl (C=O) groups is 1. The van der Waals surface area contributed by atoms with Gasteiger partial charge in [-0.3, -0.25) is 4.79 Å². The van der Waals surface area contributed by atoms with E-state index < -0.39 is 9.84 Å².